The number of amides is 1. The van der Waals surface area contributed by atoms with Gasteiger partial charge in [0.15, 0.2) is 0 Å². The molecule has 0 fully saturated rings. The van der Waals surface area contributed by atoms with E-state index in [9.17, 15) is 4.79 Å². The molecular formula is C24H25ClN2O2. The zero-order valence-electron chi connectivity index (χ0n) is 16.5. The number of hydrogen-bond acceptors (Lipinski definition) is 3. The summed E-state index contributed by atoms with van der Waals surface area (Å²) < 4.78 is 5.83. The van der Waals surface area contributed by atoms with E-state index < -0.39 is 0 Å². The molecule has 0 atom stereocenters. The smallest absolute Gasteiger partial charge is 0.243 e. The van der Waals surface area contributed by atoms with E-state index in [-0.39, 0.29) is 12.5 Å². The highest BCUT2D eigenvalue weighted by atomic mass is 35.5. The SMILES string of the molecule is Cc1c(Cl)cccc1NCC(=O)Nc1cccc(OCCCc2ccccc2)c1. The van der Waals surface area contributed by atoms with Crippen molar-refractivity contribution in [2.24, 2.45) is 0 Å². The maximum atomic E-state index is 12.3. The van der Waals surface area contributed by atoms with Crippen LogP contribution in [0.25, 0.3) is 0 Å². The third-order valence-electron chi connectivity index (χ3n) is 4.55. The Kier molecular flexibility index (Phi) is 7.54. The first kappa shape index (κ1) is 20.7. The van der Waals surface area contributed by atoms with Gasteiger partial charge in [-0.15, -0.1) is 0 Å². The third-order valence-corrected chi connectivity index (χ3v) is 4.96. The van der Waals surface area contributed by atoms with Gasteiger partial charge in [-0.25, -0.2) is 0 Å². The second-order valence-corrected chi connectivity index (χ2v) is 7.19. The fourth-order valence-corrected chi connectivity index (χ4v) is 3.13. The summed E-state index contributed by atoms with van der Waals surface area (Å²) in [4.78, 5) is 12.3. The van der Waals surface area contributed by atoms with Gasteiger partial charge >= 0.3 is 0 Å². The first-order chi connectivity index (χ1) is 14.1. The van der Waals surface area contributed by atoms with Gasteiger partial charge in [0, 0.05) is 22.5 Å². The molecule has 0 aromatic heterocycles. The summed E-state index contributed by atoms with van der Waals surface area (Å²) in [6.45, 7) is 2.70. The lowest BCUT2D eigenvalue weighted by Gasteiger charge is -2.12. The summed E-state index contributed by atoms with van der Waals surface area (Å²) in [5.74, 6) is 0.611. The van der Waals surface area contributed by atoms with E-state index >= 15 is 0 Å². The zero-order chi connectivity index (χ0) is 20.5. The van der Waals surface area contributed by atoms with Gasteiger partial charge in [-0.3, -0.25) is 4.79 Å². The molecule has 3 rings (SSSR count). The molecule has 0 aliphatic carbocycles. The summed E-state index contributed by atoms with van der Waals surface area (Å²) in [5.41, 5.74) is 3.79. The number of halogens is 1. The molecule has 0 heterocycles. The van der Waals surface area contributed by atoms with E-state index in [1.807, 2.05) is 67.6 Å². The number of nitrogens with one attached hydrogen (secondary N) is 2. The van der Waals surface area contributed by atoms with Crippen LogP contribution in [0.4, 0.5) is 11.4 Å². The molecule has 5 heteroatoms. The highest BCUT2D eigenvalue weighted by molar-refractivity contribution is 6.31. The fraction of sp³-hybridized carbons (Fsp3) is 0.208. The molecule has 0 radical (unpaired) electrons. The molecule has 0 saturated heterocycles. The lowest BCUT2D eigenvalue weighted by Crippen LogP contribution is -2.22. The van der Waals surface area contributed by atoms with Crippen LogP contribution in [0.3, 0.4) is 0 Å². The van der Waals surface area contributed by atoms with Crippen molar-refractivity contribution in [1.82, 2.24) is 0 Å². The Hall–Kier alpha value is -2.98. The van der Waals surface area contributed by atoms with Gasteiger partial charge in [-0.05, 0) is 55.2 Å². The lowest BCUT2D eigenvalue weighted by molar-refractivity contribution is -0.114. The normalized spacial score (nSPS) is 10.4. The zero-order valence-corrected chi connectivity index (χ0v) is 17.2. The van der Waals surface area contributed by atoms with Crippen molar-refractivity contribution in [2.45, 2.75) is 19.8 Å². The van der Waals surface area contributed by atoms with Gasteiger partial charge in [0.2, 0.25) is 5.91 Å². The Labute approximate surface area is 176 Å². The molecule has 2 N–H and O–H groups in total. The summed E-state index contributed by atoms with van der Waals surface area (Å²) >= 11 is 6.11. The van der Waals surface area contributed by atoms with Crippen LogP contribution in [0.5, 0.6) is 5.75 Å². The van der Waals surface area contributed by atoms with Crippen molar-refractivity contribution >= 4 is 28.9 Å². The fourth-order valence-electron chi connectivity index (χ4n) is 2.95. The minimum Gasteiger partial charge on any atom is -0.494 e. The number of hydrogen-bond donors (Lipinski definition) is 2. The predicted molar refractivity (Wildman–Crippen MR) is 120 cm³/mol. The number of benzene rings is 3. The van der Waals surface area contributed by atoms with Crippen LogP contribution in [0.15, 0.2) is 72.8 Å². The Morgan fingerprint density at radius 2 is 1.79 bits per heavy atom. The van der Waals surface area contributed by atoms with Crippen molar-refractivity contribution in [3.05, 3.63) is 88.9 Å². The third kappa shape index (κ3) is 6.54. The Morgan fingerprint density at radius 1 is 1.00 bits per heavy atom. The number of rotatable bonds is 9. The van der Waals surface area contributed by atoms with Crippen LogP contribution < -0.4 is 15.4 Å². The second-order valence-electron chi connectivity index (χ2n) is 6.78. The Balaban J connectivity index is 1.45. The van der Waals surface area contributed by atoms with Crippen molar-refractivity contribution in [3.63, 3.8) is 0 Å². The molecule has 0 saturated carbocycles. The second kappa shape index (κ2) is 10.5. The highest BCUT2D eigenvalue weighted by Gasteiger charge is 2.06. The van der Waals surface area contributed by atoms with Gasteiger partial charge in [0.1, 0.15) is 5.75 Å². The maximum absolute atomic E-state index is 12.3. The standard InChI is InChI=1S/C24H25ClN2O2/c1-18-22(25)13-6-14-23(18)26-17-24(28)27-20-11-5-12-21(16-20)29-15-7-10-19-8-3-2-4-9-19/h2-6,8-9,11-14,16,26H,7,10,15,17H2,1H3,(H,27,28). The minimum absolute atomic E-state index is 0.134. The minimum atomic E-state index is -0.134. The van der Waals surface area contributed by atoms with Crippen molar-refractivity contribution < 1.29 is 9.53 Å². The van der Waals surface area contributed by atoms with E-state index in [0.29, 0.717) is 17.3 Å². The predicted octanol–water partition coefficient (Wildman–Crippen LogP) is 5.71. The van der Waals surface area contributed by atoms with Gasteiger partial charge < -0.3 is 15.4 Å². The quantitative estimate of drug-likeness (QED) is 0.446. The van der Waals surface area contributed by atoms with Crippen LogP contribution in [0, 0.1) is 6.92 Å². The van der Waals surface area contributed by atoms with Gasteiger partial charge in [0.25, 0.3) is 0 Å². The monoisotopic (exact) mass is 408 g/mol. The molecular weight excluding hydrogens is 384 g/mol. The topological polar surface area (TPSA) is 50.4 Å². The van der Waals surface area contributed by atoms with Crippen LogP contribution in [0.1, 0.15) is 17.5 Å². The first-order valence-electron chi connectivity index (χ1n) is 9.67. The first-order valence-corrected chi connectivity index (χ1v) is 10.1. The number of aryl methyl sites for hydroxylation is 1. The van der Waals surface area contributed by atoms with Crippen molar-refractivity contribution in [1.29, 1.82) is 0 Å². The molecule has 1 amide bonds. The maximum Gasteiger partial charge on any atom is 0.243 e. The number of ether oxygens (including phenoxy) is 1. The van der Waals surface area contributed by atoms with E-state index in [2.05, 4.69) is 22.8 Å². The average Bonchev–Trinajstić information content (AvgIpc) is 2.73. The van der Waals surface area contributed by atoms with E-state index in [1.165, 1.54) is 5.56 Å². The molecule has 0 aliphatic heterocycles. The average molecular weight is 409 g/mol. The van der Waals surface area contributed by atoms with Crippen LogP contribution in [0.2, 0.25) is 5.02 Å². The van der Waals surface area contributed by atoms with Crippen molar-refractivity contribution in [2.75, 3.05) is 23.8 Å². The van der Waals surface area contributed by atoms with E-state index in [1.54, 1.807) is 0 Å². The van der Waals surface area contributed by atoms with E-state index in [4.69, 9.17) is 16.3 Å². The van der Waals surface area contributed by atoms with Crippen LogP contribution in [-0.2, 0) is 11.2 Å². The summed E-state index contributed by atoms with van der Waals surface area (Å²) in [5, 5.41) is 6.68. The molecule has 4 nitrogen and oxygen atoms in total. The van der Waals surface area contributed by atoms with Gasteiger partial charge in [-0.1, -0.05) is 54.1 Å². The molecule has 0 unspecified atom stereocenters. The Bertz CT molecular complexity index is 945. The number of carbonyl (C=O) groups is 1. The lowest BCUT2D eigenvalue weighted by atomic mass is 10.1. The Morgan fingerprint density at radius 3 is 2.62 bits per heavy atom. The summed E-state index contributed by atoms with van der Waals surface area (Å²) in [6.07, 6.45) is 1.91. The largest absolute Gasteiger partial charge is 0.494 e. The molecule has 0 spiro atoms. The van der Waals surface area contributed by atoms with E-state index in [0.717, 1.165) is 29.8 Å². The molecule has 150 valence electrons. The number of carbonyl (C=O) groups excluding carboxylic acids is 1. The number of anilines is 2. The van der Waals surface area contributed by atoms with Crippen molar-refractivity contribution in [3.8, 4) is 5.75 Å². The molecule has 29 heavy (non-hydrogen) atoms. The van der Waals surface area contributed by atoms with Crippen LogP contribution in [-0.4, -0.2) is 19.1 Å². The molecule has 3 aromatic carbocycles. The molecule has 0 aliphatic rings. The molecule has 0 bridgehead atoms. The van der Waals surface area contributed by atoms with Gasteiger partial charge in [-0.2, -0.15) is 0 Å². The highest BCUT2D eigenvalue weighted by Crippen LogP contribution is 2.23. The van der Waals surface area contributed by atoms with Gasteiger partial charge in [0.05, 0.1) is 13.2 Å². The van der Waals surface area contributed by atoms with Crippen LogP contribution >= 0.6 is 11.6 Å². The summed E-state index contributed by atoms with van der Waals surface area (Å²) in [6, 6.07) is 23.4. The molecule has 3 aromatic rings. The summed E-state index contributed by atoms with van der Waals surface area (Å²) in [7, 11) is 0.